The molecule has 0 saturated heterocycles. The van der Waals surface area contributed by atoms with E-state index in [2.05, 4.69) is 5.10 Å². The molecule has 1 N–H and O–H groups in total. The number of fused-ring (bicyclic) bond motifs is 1. The molecular formula is C27H18F3N3O6. The average molecular weight is 537 g/mol. The summed E-state index contributed by atoms with van der Waals surface area (Å²) in [6, 6.07) is 11.7. The van der Waals surface area contributed by atoms with Crippen molar-refractivity contribution < 1.29 is 41.9 Å². The Morgan fingerprint density at radius 1 is 0.974 bits per heavy atom. The molecule has 5 rings (SSSR count). The van der Waals surface area contributed by atoms with E-state index in [0.29, 0.717) is 10.6 Å². The Balaban J connectivity index is 1.49. The lowest BCUT2D eigenvalue weighted by Gasteiger charge is -2.17. The Bertz CT molecular complexity index is 1630. The number of halogens is 3. The van der Waals surface area contributed by atoms with Gasteiger partial charge in [-0.3, -0.25) is 19.3 Å². The molecule has 0 aliphatic carbocycles. The quantitative estimate of drug-likeness (QED) is 0.361. The molecule has 0 bridgehead atoms. The number of alkyl halides is 3. The predicted octanol–water partition coefficient (Wildman–Crippen LogP) is 5.00. The van der Waals surface area contributed by atoms with Crippen molar-refractivity contribution in [2.45, 2.75) is 26.1 Å². The summed E-state index contributed by atoms with van der Waals surface area (Å²) in [7, 11) is 0. The van der Waals surface area contributed by atoms with E-state index < -0.39 is 41.2 Å². The van der Waals surface area contributed by atoms with Gasteiger partial charge in [0.2, 0.25) is 0 Å². The summed E-state index contributed by atoms with van der Waals surface area (Å²) in [5.41, 5.74) is -1.84. The van der Waals surface area contributed by atoms with Crippen molar-refractivity contribution >= 4 is 41.2 Å². The molecule has 0 atom stereocenters. The maximum atomic E-state index is 13.8. The Morgan fingerprint density at radius 3 is 2.36 bits per heavy atom. The summed E-state index contributed by atoms with van der Waals surface area (Å²) in [6.07, 6.45) is -4.10. The van der Waals surface area contributed by atoms with Gasteiger partial charge in [-0.1, -0.05) is 12.1 Å². The Kier molecular flexibility index (Phi) is 5.97. The number of carboxylic acid groups (broad SMARTS) is 1. The summed E-state index contributed by atoms with van der Waals surface area (Å²) in [6.45, 7) is 3.42. The minimum atomic E-state index is -4.99. The summed E-state index contributed by atoms with van der Waals surface area (Å²) in [5.74, 6) is -3.24. The number of amides is 3. The molecule has 0 radical (unpaired) electrons. The van der Waals surface area contributed by atoms with E-state index in [0.717, 1.165) is 17.0 Å². The number of hydrogen-bond donors (Lipinski definition) is 1. The number of hydrogen-bond acceptors (Lipinski definition) is 6. The maximum absolute atomic E-state index is 13.8. The first-order valence-corrected chi connectivity index (χ1v) is 11.5. The lowest BCUT2D eigenvalue weighted by molar-refractivity contribution is -0.114. The molecule has 0 saturated carbocycles. The van der Waals surface area contributed by atoms with Gasteiger partial charge >= 0.3 is 12.1 Å². The van der Waals surface area contributed by atoms with E-state index in [1.807, 2.05) is 0 Å². The van der Waals surface area contributed by atoms with Crippen LogP contribution in [0, 0.1) is 0 Å². The van der Waals surface area contributed by atoms with Gasteiger partial charge in [-0.2, -0.15) is 23.3 Å². The number of hydrazone groups is 1. The number of rotatable bonds is 5. The predicted molar refractivity (Wildman–Crippen MR) is 132 cm³/mol. The molecule has 1 aromatic heterocycles. The van der Waals surface area contributed by atoms with Crippen LogP contribution >= 0.6 is 0 Å². The lowest BCUT2D eigenvalue weighted by atomic mass is 10.0. The zero-order chi connectivity index (χ0) is 28.2. The molecule has 0 fully saturated rings. The number of imide groups is 1. The van der Waals surface area contributed by atoms with E-state index in [-0.39, 0.29) is 39.9 Å². The third kappa shape index (κ3) is 4.39. The first-order chi connectivity index (χ1) is 18.4. The monoisotopic (exact) mass is 537 g/mol. The van der Waals surface area contributed by atoms with Crippen LogP contribution in [-0.2, 0) is 4.79 Å². The minimum absolute atomic E-state index is 0.0989. The van der Waals surface area contributed by atoms with E-state index in [9.17, 15) is 37.5 Å². The highest BCUT2D eigenvalue weighted by Gasteiger charge is 2.47. The molecule has 3 amide bonds. The molecule has 198 valence electrons. The molecule has 3 aromatic rings. The first kappa shape index (κ1) is 25.6. The van der Waals surface area contributed by atoms with Gasteiger partial charge in [0.05, 0.1) is 28.0 Å². The second-order valence-corrected chi connectivity index (χ2v) is 9.01. The van der Waals surface area contributed by atoms with Crippen LogP contribution in [0.4, 0.5) is 18.9 Å². The molecule has 3 heterocycles. The van der Waals surface area contributed by atoms with Gasteiger partial charge in [0.25, 0.3) is 17.7 Å². The Morgan fingerprint density at radius 2 is 1.69 bits per heavy atom. The summed E-state index contributed by atoms with van der Waals surface area (Å²) in [4.78, 5) is 50.6. The van der Waals surface area contributed by atoms with Gasteiger partial charge in [-0.05, 0) is 62.4 Å². The molecule has 0 unspecified atom stereocenters. The number of furan rings is 1. The van der Waals surface area contributed by atoms with Crippen molar-refractivity contribution in [3.8, 4) is 11.3 Å². The number of carbonyl (C=O) groups is 4. The van der Waals surface area contributed by atoms with Crippen molar-refractivity contribution in [2.24, 2.45) is 5.10 Å². The van der Waals surface area contributed by atoms with Crippen molar-refractivity contribution in [2.75, 3.05) is 5.01 Å². The molecule has 9 nitrogen and oxygen atoms in total. The van der Waals surface area contributed by atoms with Gasteiger partial charge in [-0.15, -0.1) is 0 Å². The number of carboxylic acids is 1. The zero-order valence-electron chi connectivity index (χ0n) is 20.3. The van der Waals surface area contributed by atoms with Gasteiger partial charge in [0.1, 0.15) is 11.5 Å². The van der Waals surface area contributed by atoms with Crippen molar-refractivity contribution in [3.63, 3.8) is 0 Å². The zero-order valence-corrected chi connectivity index (χ0v) is 20.3. The fraction of sp³-hybridized carbons (Fsp3) is 0.148. The SMILES string of the molecule is CC(C)N1C(=O)c2ccc(-c3ccc(C=C4C(=O)N(c5cccc(C(=O)O)c5)N=C4C(F)(F)F)o3)cc2C1=O. The standard InChI is InChI=1S/C27H18F3N3O6/c1-13(2)32-23(34)18-8-6-14(11-19(18)24(32)35)21-9-7-17(39-21)12-20-22(27(28,29)30)31-33(25(20)36)16-5-3-4-15(10-16)26(37)38/h3-13H,1-2H3,(H,37,38). The molecule has 0 spiro atoms. The number of aromatic carboxylic acids is 1. The van der Waals surface area contributed by atoms with Gasteiger partial charge in [-0.25, -0.2) is 4.79 Å². The minimum Gasteiger partial charge on any atom is -0.478 e. The lowest BCUT2D eigenvalue weighted by Crippen LogP contribution is -2.35. The Hall–Kier alpha value is -5.00. The second-order valence-electron chi connectivity index (χ2n) is 9.01. The summed E-state index contributed by atoms with van der Waals surface area (Å²) in [5, 5.41) is 13.1. The summed E-state index contributed by atoms with van der Waals surface area (Å²) >= 11 is 0. The number of anilines is 1. The van der Waals surface area contributed by atoms with Gasteiger partial charge < -0.3 is 9.52 Å². The molecular weight excluding hydrogens is 519 g/mol. The van der Waals surface area contributed by atoms with Crippen LogP contribution in [0.3, 0.4) is 0 Å². The number of nitrogens with zero attached hydrogens (tertiary/aromatic N) is 3. The van der Waals surface area contributed by atoms with Gasteiger partial charge in [0.15, 0.2) is 5.71 Å². The maximum Gasteiger partial charge on any atom is 0.435 e. The van der Waals surface area contributed by atoms with Crippen molar-refractivity contribution in [1.29, 1.82) is 0 Å². The Labute approximate surface area is 218 Å². The number of benzene rings is 2. The normalized spacial score (nSPS) is 16.5. The highest BCUT2D eigenvalue weighted by atomic mass is 19.4. The third-order valence-electron chi connectivity index (χ3n) is 6.12. The van der Waals surface area contributed by atoms with Crippen LogP contribution < -0.4 is 5.01 Å². The van der Waals surface area contributed by atoms with Crippen LogP contribution in [0.25, 0.3) is 17.4 Å². The smallest absolute Gasteiger partial charge is 0.435 e. The highest BCUT2D eigenvalue weighted by Crippen LogP contribution is 2.35. The van der Waals surface area contributed by atoms with E-state index >= 15 is 0 Å². The van der Waals surface area contributed by atoms with Crippen LogP contribution in [0.2, 0.25) is 0 Å². The topological polar surface area (TPSA) is 120 Å². The van der Waals surface area contributed by atoms with Crippen LogP contribution in [0.5, 0.6) is 0 Å². The summed E-state index contributed by atoms with van der Waals surface area (Å²) < 4.78 is 47.1. The van der Waals surface area contributed by atoms with Crippen LogP contribution in [0.1, 0.15) is 50.7 Å². The van der Waals surface area contributed by atoms with E-state index in [1.54, 1.807) is 19.9 Å². The first-order valence-electron chi connectivity index (χ1n) is 11.5. The van der Waals surface area contributed by atoms with Crippen molar-refractivity contribution in [1.82, 2.24) is 4.90 Å². The highest BCUT2D eigenvalue weighted by molar-refractivity contribution is 6.34. The molecule has 2 aliphatic rings. The molecule has 39 heavy (non-hydrogen) atoms. The van der Waals surface area contributed by atoms with E-state index in [4.69, 9.17) is 4.42 Å². The molecule has 2 aliphatic heterocycles. The van der Waals surface area contributed by atoms with Crippen LogP contribution in [-0.4, -0.2) is 51.6 Å². The second kappa shape index (κ2) is 9.08. The van der Waals surface area contributed by atoms with Gasteiger partial charge in [0, 0.05) is 11.6 Å². The third-order valence-corrected chi connectivity index (χ3v) is 6.12. The van der Waals surface area contributed by atoms with Crippen molar-refractivity contribution in [3.05, 3.63) is 82.6 Å². The fourth-order valence-corrected chi connectivity index (χ4v) is 4.31. The van der Waals surface area contributed by atoms with E-state index in [1.165, 1.54) is 42.5 Å². The largest absolute Gasteiger partial charge is 0.478 e. The number of carbonyl (C=O) groups excluding carboxylic acids is 3. The molecule has 2 aromatic carbocycles. The fourth-order valence-electron chi connectivity index (χ4n) is 4.31. The van der Waals surface area contributed by atoms with Crippen LogP contribution in [0.15, 0.2) is 69.7 Å². The molecule has 12 heteroatoms. The average Bonchev–Trinajstić information content (AvgIpc) is 3.54.